The quantitative estimate of drug-likeness (QED) is 0.734. The highest BCUT2D eigenvalue weighted by Gasteiger charge is 2.10. The zero-order chi connectivity index (χ0) is 13.8. The smallest absolute Gasteiger partial charge is 0.286 e. The molecule has 19 heavy (non-hydrogen) atoms. The highest BCUT2D eigenvalue weighted by Crippen LogP contribution is 2.10. The molecule has 1 aromatic carbocycles. The predicted octanol–water partition coefficient (Wildman–Crippen LogP) is 2.51. The van der Waals surface area contributed by atoms with Crippen LogP contribution in [-0.2, 0) is 0 Å². The first kappa shape index (κ1) is 13.6. The van der Waals surface area contributed by atoms with Crippen molar-refractivity contribution in [1.29, 1.82) is 0 Å². The molecule has 0 aliphatic carbocycles. The molecule has 7 heteroatoms. The third-order valence-corrected chi connectivity index (χ3v) is 3.00. The molecule has 0 fully saturated rings. The van der Waals surface area contributed by atoms with Crippen molar-refractivity contribution in [2.24, 2.45) is 0 Å². The number of hydrogen-bond donors (Lipinski definition) is 3. The maximum atomic E-state index is 11.7. The first-order valence-corrected chi connectivity index (χ1v) is 6.43. The van der Waals surface area contributed by atoms with Crippen LogP contribution < -0.4 is 10.9 Å². The van der Waals surface area contributed by atoms with Crippen LogP contribution in [0.25, 0.3) is 0 Å². The first-order valence-electron chi connectivity index (χ1n) is 5.26. The number of halogens is 2. The van der Waals surface area contributed by atoms with Crippen molar-refractivity contribution >= 4 is 39.3 Å². The molecule has 1 heterocycles. The minimum atomic E-state index is -0.437. The second-order valence-electron chi connectivity index (χ2n) is 3.65. The number of nitrogens with one attached hydrogen (secondary N) is 3. The molecule has 2 aromatic rings. The lowest BCUT2D eigenvalue weighted by Gasteiger charge is -2.06. The van der Waals surface area contributed by atoms with Crippen molar-refractivity contribution in [3.63, 3.8) is 0 Å². The summed E-state index contributed by atoms with van der Waals surface area (Å²) in [7, 11) is 0. The fourth-order valence-corrected chi connectivity index (χ4v) is 1.82. The van der Waals surface area contributed by atoms with Gasteiger partial charge < -0.3 is 4.98 Å². The van der Waals surface area contributed by atoms with Crippen LogP contribution in [0.3, 0.4) is 0 Å². The topological polar surface area (TPSA) is 74.0 Å². The molecule has 0 radical (unpaired) electrons. The van der Waals surface area contributed by atoms with Crippen LogP contribution >= 0.6 is 27.5 Å². The summed E-state index contributed by atoms with van der Waals surface area (Å²) >= 11 is 8.93. The molecule has 0 unspecified atom stereocenters. The minimum absolute atomic E-state index is 0.336. The van der Waals surface area contributed by atoms with E-state index in [0.29, 0.717) is 16.3 Å². The Morgan fingerprint density at radius 1 is 1.11 bits per heavy atom. The minimum Gasteiger partial charge on any atom is -0.356 e. The van der Waals surface area contributed by atoms with Crippen LogP contribution in [0, 0.1) is 0 Å². The molecule has 0 bridgehead atoms. The number of carbonyl (C=O) groups excluding carboxylic acids is 2. The monoisotopic (exact) mass is 341 g/mol. The van der Waals surface area contributed by atoms with Gasteiger partial charge in [0, 0.05) is 21.3 Å². The summed E-state index contributed by atoms with van der Waals surface area (Å²) in [6, 6.07) is 7.93. The van der Waals surface area contributed by atoms with Gasteiger partial charge in [-0.2, -0.15) is 0 Å². The Bertz CT molecular complexity index is 610. The van der Waals surface area contributed by atoms with Crippen LogP contribution in [0.2, 0.25) is 5.02 Å². The van der Waals surface area contributed by atoms with Gasteiger partial charge in [-0.1, -0.05) is 11.6 Å². The molecular formula is C12H9BrClN3O2. The molecule has 98 valence electrons. The molecule has 2 rings (SSSR count). The van der Waals surface area contributed by atoms with Gasteiger partial charge in [0.05, 0.1) is 0 Å². The lowest BCUT2D eigenvalue weighted by atomic mass is 10.2. The third-order valence-electron chi connectivity index (χ3n) is 2.29. The Morgan fingerprint density at radius 3 is 2.32 bits per heavy atom. The molecule has 0 aliphatic heterocycles. The number of H-pyrrole nitrogens is 1. The predicted molar refractivity (Wildman–Crippen MR) is 74.9 cm³/mol. The maximum absolute atomic E-state index is 11.7. The lowest BCUT2D eigenvalue weighted by molar-refractivity contribution is 0.0844. The highest BCUT2D eigenvalue weighted by molar-refractivity contribution is 9.10. The number of aromatic nitrogens is 1. The molecule has 5 nitrogen and oxygen atoms in total. The number of benzene rings is 1. The summed E-state index contributed by atoms with van der Waals surface area (Å²) in [6.07, 6.45) is 1.62. The number of hydrazine groups is 1. The van der Waals surface area contributed by atoms with E-state index in [1.165, 1.54) is 0 Å². The van der Waals surface area contributed by atoms with E-state index in [1.807, 2.05) is 0 Å². The normalized spacial score (nSPS) is 10.0. The molecule has 3 N–H and O–H groups in total. The zero-order valence-electron chi connectivity index (χ0n) is 9.54. The van der Waals surface area contributed by atoms with Crippen LogP contribution in [-0.4, -0.2) is 16.8 Å². The largest absolute Gasteiger partial charge is 0.356 e. The summed E-state index contributed by atoms with van der Waals surface area (Å²) in [6.45, 7) is 0. The molecule has 0 atom stereocenters. The maximum Gasteiger partial charge on any atom is 0.286 e. The van der Waals surface area contributed by atoms with Gasteiger partial charge in [0.15, 0.2) is 0 Å². The van der Waals surface area contributed by atoms with E-state index in [-0.39, 0.29) is 0 Å². The Hall–Kier alpha value is -1.79. The van der Waals surface area contributed by atoms with Gasteiger partial charge >= 0.3 is 0 Å². The fourth-order valence-electron chi connectivity index (χ4n) is 1.35. The van der Waals surface area contributed by atoms with Gasteiger partial charge in [0.25, 0.3) is 11.8 Å². The van der Waals surface area contributed by atoms with Gasteiger partial charge in [0.1, 0.15) is 5.69 Å². The van der Waals surface area contributed by atoms with Gasteiger partial charge in [-0.3, -0.25) is 20.4 Å². The summed E-state index contributed by atoms with van der Waals surface area (Å²) in [5.74, 6) is -0.858. The Labute approximate surface area is 122 Å². The van der Waals surface area contributed by atoms with Crippen LogP contribution in [0.15, 0.2) is 41.0 Å². The zero-order valence-corrected chi connectivity index (χ0v) is 11.9. The molecule has 0 saturated heterocycles. The van der Waals surface area contributed by atoms with Gasteiger partial charge in [-0.25, -0.2) is 0 Å². The van der Waals surface area contributed by atoms with Gasteiger partial charge in [-0.05, 0) is 46.3 Å². The fraction of sp³-hybridized carbons (Fsp3) is 0. The third kappa shape index (κ3) is 3.59. The van der Waals surface area contributed by atoms with Crippen LogP contribution in [0.1, 0.15) is 20.8 Å². The molecular weight excluding hydrogens is 334 g/mol. The lowest BCUT2D eigenvalue weighted by Crippen LogP contribution is -2.41. The summed E-state index contributed by atoms with van der Waals surface area (Å²) < 4.78 is 0.752. The summed E-state index contributed by atoms with van der Waals surface area (Å²) in [5.41, 5.74) is 5.35. The molecule has 0 saturated carbocycles. The van der Waals surface area contributed by atoms with Crippen molar-refractivity contribution in [1.82, 2.24) is 15.8 Å². The number of aromatic amines is 1. The van der Waals surface area contributed by atoms with E-state index >= 15 is 0 Å². The average molecular weight is 343 g/mol. The molecule has 0 spiro atoms. The van der Waals surface area contributed by atoms with Crippen molar-refractivity contribution < 1.29 is 9.59 Å². The standard InChI is InChI=1S/C12H9BrClN3O2/c13-8-5-10(15-6-8)12(19)17-16-11(18)7-1-3-9(14)4-2-7/h1-6,15H,(H,16,18)(H,17,19). The number of rotatable bonds is 2. The Balaban J connectivity index is 1.93. The number of hydrogen-bond acceptors (Lipinski definition) is 2. The second kappa shape index (κ2) is 5.90. The summed E-state index contributed by atoms with van der Waals surface area (Å²) in [4.78, 5) is 26.1. The van der Waals surface area contributed by atoms with Gasteiger partial charge in [-0.15, -0.1) is 0 Å². The SMILES string of the molecule is O=C(NNC(=O)c1cc(Br)c[nH]1)c1ccc(Cl)cc1. The molecule has 2 amide bonds. The van der Waals surface area contributed by atoms with Crippen molar-refractivity contribution in [2.45, 2.75) is 0 Å². The Morgan fingerprint density at radius 2 is 1.74 bits per heavy atom. The van der Waals surface area contributed by atoms with E-state index in [0.717, 1.165) is 4.47 Å². The molecule has 1 aromatic heterocycles. The summed E-state index contributed by atoms with van der Waals surface area (Å²) in [5, 5.41) is 0.539. The number of carbonyl (C=O) groups is 2. The van der Waals surface area contributed by atoms with E-state index in [2.05, 4.69) is 31.8 Å². The first-order chi connectivity index (χ1) is 9.06. The van der Waals surface area contributed by atoms with Crippen molar-refractivity contribution in [2.75, 3.05) is 0 Å². The van der Waals surface area contributed by atoms with Crippen LogP contribution in [0.4, 0.5) is 0 Å². The van der Waals surface area contributed by atoms with E-state index < -0.39 is 11.8 Å². The van der Waals surface area contributed by atoms with E-state index in [9.17, 15) is 9.59 Å². The Kier molecular flexibility index (Phi) is 4.24. The average Bonchev–Trinajstić information content (AvgIpc) is 2.83. The van der Waals surface area contributed by atoms with Crippen molar-refractivity contribution in [3.05, 3.63) is 57.3 Å². The second-order valence-corrected chi connectivity index (χ2v) is 5.00. The number of amides is 2. The molecule has 0 aliphatic rings. The van der Waals surface area contributed by atoms with E-state index in [4.69, 9.17) is 11.6 Å². The highest BCUT2D eigenvalue weighted by atomic mass is 79.9. The van der Waals surface area contributed by atoms with Crippen LogP contribution in [0.5, 0.6) is 0 Å². The van der Waals surface area contributed by atoms with E-state index in [1.54, 1.807) is 36.5 Å². The van der Waals surface area contributed by atoms with Crippen molar-refractivity contribution in [3.8, 4) is 0 Å². The van der Waals surface area contributed by atoms with Gasteiger partial charge in [0.2, 0.25) is 0 Å².